The Hall–Kier alpha value is -0.540. The zero-order valence-electron chi connectivity index (χ0n) is 6.57. The van der Waals surface area contributed by atoms with Crippen LogP contribution < -0.4 is 0 Å². The fourth-order valence-corrected chi connectivity index (χ4v) is 1.65. The average Bonchev–Trinajstić information content (AvgIpc) is 2.11. The van der Waals surface area contributed by atoms with Crippen molar-refractivity contribution in [3.63, 3.8) is 0 Å². The van der Waals surface area contributed by atoms with Gasteiger partial charge in [0.1, 0.15) is 0 Å². The maximum absolute atomic E-state index is 10.9. The highest BCUT2D eigenvalue weighted by molar-refractivity contribution is 8.17. The van der Waals surface area contributed by atoms with Crippen LogP contribution >= 0.6 is 10.7 Å². The van der Waals surface area contributed by atoms with Crippen LogP contribution in [0.25, 0.3) is 0 Å². The summed E-state index contributed by atoms with van der Waals surface area (Å²) in [7, 11) is 1.57. The standard InChI is InChI=1S/C8H9ClO2S/c1-7-3-2-4-8(6-5-7)12(9,10)11/h2-7H,1H3. The Morgan fingerprint density at radius 1 is 1.42 bits per heavy atom. The largest absolute Gasteiger partial charge is 0.261 e. The maximum Gasteiger partial charge on any atom is 0.261 e. The van der Waals surface area contributed by atoms with Crippen molar-refractivity contribution in [2.75, 3.05) is 0 Å². The number of halogens is 1. The van der Waals surface area contributed by atoms with Gasteiger partial charge in [-0.3, -0.25) is 0 Å². The lowest BCUT2D eigenvalue weighted by Crippen LogP contribution is -1.90. The second-order valence-corrected chi connectivity index (χ2v) is 5.18. The molecule has 0 heterocycles. The molecule has 0 aromatic carbocycles. The lowest BCUT2D eigenvalue weighted by Gasteiger charge is -1.94. The van der Waals surface area contributed by atoms with E-state index in [0.29, 0.717) is 0 Å². The highest BCUT2D eigenvalue weighted by Crippen LogP contribution is 2.17. The summed E-state index contributed by atoms with van der Waals surface area (Å²) < 4.78 is 21.7. The molecule has 0 spiro atoms. The first-order valence-electron chi connectivity index (χ1n) is 3.51. The van der Waals surface area contributed by atoms with E-state index in [1.54, 1.807) is 12.2 Å². The average molecular weight is 205 g/mol. The summed E-state index contributed by atoms with van der Waals surface area (Å²) in [6, 6.07) is 0. The number of hydrogen-bond donors (Lipinski definition) is 0. The molecule has 1 rings (SSSR count). The van der Waals surface area contributed by atoms with Crippen LogP contribution in [0.15, 0.2) is 35.3 Å². The van der Waals surface area contributed by atoms with Crippen molar-refractivity contribution < 1.29 is 8.42 Å². The molecule has 1 unspecified atom stereocenters. The van der Waals surface area contributed by atoms with E-state index in [4.69, 9.17) is 10.7 Å². The lowest BCUT2D eigenvalue weighted by molar-refractivity contribution is 0.615. The molecule has 0 amide bonds. The number of hydrogen-bond acceptors (Lipinski definition) is 2. The van der Waals surface area contributed by atoms with Crippen LogP contribution in [0, 0.1) is 5.92 Å². The van der Waals surface area contributed by atoms with Crippen molar-refractivity contribution in [3.05, 3.63) is 35.3 Å². The van der Waals surface area contributed by atoms with E-state index >= 15 is 0 Å². The van der Waals surface area contributed by atoms with Crippen molar-refractivity contribution in [3.8, 4) is 0 Å². The molecule has 0 bridgehead atoms. The van der Waals surface area contributed by atoms with E-state index in [9.17, 15) is 8.42 Å². The Balaban J connectivity index is 3.04. The minimum atomic E-state index is -3.58. The van der Waals surface area contributed by atoms with Crippen LogP contribution in [0.3, 0.4) is 0 Å². The molecule has 0 saturated heterocycles. The fourth-order valence-electron chi connectivity index (χ4n) is 0.855. The van der Waals surface area contributed by atoms with Gasteiger partial charge in [-0.15, -0.1) is 0 Å². The SMILES string of the molecule is CC1C=CC=C(S(=O)(=O)Cl)C=C1. The lowest BCUT2D eigenvalue weighted by atomic mass is 10.2. The molecular weight excluding hydrogens is 196 g/mol. The second kappa shape index (κ2) is 3.46. The van der Waals surface area contributed by atoms with Crippen LogP contribution in [0.2, 0.25) is 0 Å². The van der Waals surface area contributed by atoms with Gasteiger partial charge in [-0.05, 0) is 18.1 Å². The third kappa shape index (κ3) is 2.50. The first kappa shape index (κ1) is 9.55. The van der Waals surface area contributed by atoms with Gasteiger partial charge < -0.3 is 0 Å². The number of allylic oxidation sites excluding steroid dienone is 5. The molecule has 0 aromatic heterocycles. The van der Waals surface area contributed by atoms with Gasteiger partial charge in [-0.1, -0.05) is 25.2 Å². The molecule has 1 aliphatic carbocycles. The predicted molar refractivity (Wildman–Crippen MR) is 50.3 cm³/mol. The second-order valence-electron chi connectivity index (χ2n) is 2.61. The summed E-state index contributed by atoms with van der Waals surface area (Å²) in [6.45, 7) is 1.96. The van der Waals surface area contributed by atoms with Crippen molar-refractivity contribution >= 4 is 19.7 Å². The van der Waals surface area contributed by atoms with Crippen molar-refractivity contribution in [1.82, 2.24) is 0 Å². The predicted octanol–water partition coefficient (Wildman–Crippen LogP) is 2.20. The van der Waals surface area contributed by atoms with E-state index < -0.39 is 9.05 Å². The normalized spacial score (nSPS) is 23.5. The molecule has 1 aliphatic rings. The highest BCUT2D eigenvalue weighted by atomic mass is 35.7. The van der Waals surface area contributed by atoms with Gasteiger partial charge >= 0.3 is 0 Å². The van der Waals surface area contributed by atoms with Crippen LogP contribution in [0.1, 0.15) is 6.92 Å². The third-order valence-electron chi connectivity index (χ3n) is 1.52. The summed E-state index contributed by atoms with van der Waals surface area (Å²) in [5, 5.41) is 0. The van der Waals surface area contributed by atoms with Gasteiger partial charge in [0, 0.05) is 10.7 Å². The minimum absolute atomic E-state index is 0.143. The molecule has 0 fully saturated rings. The molecule has 12 heavy (non-hydrogen) atoms. The first-order valence-corrected chi connectivity index (χ1v) is 5.82. The van der Waals surface area contributed by atoms with Crippen LogP contribution in [0.5, 0.6) is 0 Å². The molecule has 1 atom stereocenters. The van der Waals surface area contributed by atoms with Gasteiger partial charge in [0.05, 0.1) is 4.91 Å². The van der Waals surface area contributed by atoms with E-state index in [1.807, 2.05) is 13.0 Å². The van der Waals surface area contributed by atoms with Crippen LogP contribution in [-0.2, 0) is 9.05 Å². The Kier molecular flexibility index (Phi) is 2.75. The first-order chi connectivity index (χ1) is 5.50. The summed E-state index contributed by atoms with van der Waals surface area (Å²) in [4.78, 5) is 0.143. The Morgan fingerprint density at radius 3 is 2.67 bits per heavy atom. The summed E-state index contributed by atoms with van der Waals surface area (Å²) in [5.41, 5.74) is 0. The van der Waals surface area contributed by atoms with Crippen molar-refractivity contribution in [2.45, 2.75) is 6.92 Å². The van der Waals surface area contributed by atoms with Crippen LogP contribution in [0.4, 0.5) is 0 Å². The van der Waals surface area contributed by atoms with Gasteiger partial charge in [-0.2, -0.15) is 0 Å². The molecule has 4 heteroatoms. The quantitative estimate of drug-likeness (QED) is 0.614. The molecule has 0 radical (unpaired) electrons. The van der Waals surface area contributed by atoms with E-state index in [2.05, 4.69) is 0 Å². The van der Waals surface area contributed by atoms with E-state index in [1.165, 1.54) is 12.2 Å². The smallest absolute Gasteiger partial charge is 0.207 e. The Bertz CT molecular complexity index is 349. The highest BCUT2D eigenvalue weighted by Gasteiger charge is 2.10. The molecule has 66 valence electrons. The maximum atomic E-state index is 10.9. The van der Waals surface area contributed by atoms with Crippen molar-refractivity contribution in [2.24, 2.45) is 5.92 Å². The zero-order chi connectivity index (χ0) is 9.19. The summed E-state index contributed by atoms with van der Waals surface area (Å²) in [5.74, 6) is 0.247. The van der Waals surface area contributed by atoms with Gasteiger partial charge in [0.25, 0.3) is 9.05 Å². The topological polar surface area (TPSA) is 34.1 Å². The van der Waals surface area contributed by atoms with E-state index in [-0.39, 0.29) is 10.8 Å². The molecule has 0 saturated carbocycles. The zero-order valence-corrected chi connectivity index (χ0v) is 8.14. The van der Waals surface area contributed by atoms with Gasteiger partial charge in [0.15, 0.2) is 0 Å². The van der Waals surface area contributed by atoms with Crippen LogP contribution in [-0.4, -0.2) is 8.42 Å². The summed E-state index contributed by atoms with van der Waals surface area (Å²) >= 11 is 0. The Labute approximate surface area is 76.7 Å². The fraction of sp³-hybridized carbons (Fsp3) is 0.250. The van der Waals surface area contributed by atoms with Crippen molar-refractivity contribution in [1.29, 1.82) is 0 Å². The number of rotatable bonds is 1. The molecular formula is C8H9ClO2S. The third-order valence-corrected chi connectivity index (χ3v) is 2.89. The van der Waals surface area contributed by atoms with Gasteiger partial charge in [0.2, 0.25) is 0 Å². The summed E-state index contributed by atoms with van der Waals surface area (Å²) in [6.07, 6.45) is 8.39. The van der Waals surface area contributed by atoms with Gasteiger partial charge in [-0.25, -0.2) is 8.42 Å². The molecule has 0 aromatic rings. The monoisotopic (exact) mass is 204 g/mol. The molecule has 2 nitrogen and oxygen atoms in total. The van der Waals surface area contributed by atoms with E-state index in [0.717, 1.165) is 0 Å². The Morgan fingerprint density at radius 2 is 2.08 bits per heavy atom. The molecule has 0 N–H and O–H groups in total. The molecule has 0 aliphatic heterocycles. The minimum Gasteiger partial charge on any atom is -0.207 e.